The third kappa shape index (κ3) is 2.60. The minimum absolute atomic E-state index is 0.994. The summed E-state index contributed by atoms with van der Waals surface area (Å²) in [6.45, 7) is 1.05. The van der Waals surface area contributed by atoms with Crippen LogP contribution < -0.4 is 5.32 Å². The van der Waals surface area contributed by atoms with Crippen molar-refractivity contribution in [1.29, 1.82) is 0 Å². The van der Waals surface area contributed by atoms with Crippen molar-refractivity contribution >= 4 is 39.1 Å². The quantitative estimate of drug-likeness (QED) is 0.925. The van der Waals surface area contributed by atoms with Gasteiger partial charge < -0.3 is 10.2 Å². The number of hydrogen-bond acceptors (Lipinski definition) is 4. The summed E-state index contributed by atoms with van der Waals surface area (Å²) in [5, 5.41) is 6.89. The van der Waals surface area contributed by atoms with Crippen LogP contribution >= 0.6 is 11.8 Å². The molecule has 0 saturated heterocycles. The summed E-state index contributed by atoms with van der Waals surface area (Å²) < 4.78 is 0. The molecule has 2 aromatic rings. The molecule has 0 saturated carbocycles. The Kier molecular flexibility index (Phi) is 3.44. The van der Waals surface area contributed by atoms with Gasteiger partial charge >= 0.3 is 0 Å². The van der Waals surface area contributed by atoms with Crippen molar-refractivity contribution in [2.75, 3.05) is 31.7 Å². The molecule has 1 aliphatic rings. The standard InChI is InChI=1S/C15H17N3S/c1-18(2)9-10-19-15-16-12-7-3-5-11-6-4-8-13(17-15)14(11)12/h3-8H,9-10H2,1-2H3,(H,16,17). The molecule has 0 unspecified atom stereocenters. The zero-order valence-electron chi connectivity index (χ0n) is 11.2. The molecular weight excluding hydrogens is 254 g/mol. The maximum atomic E-state index is 4.71. The van der Waals surface area contributed by atoms with Crippen molar-refractivity contribution in [2.45, 2.75) is 0 Å². The van der Waals surface area contributed by atoms with E-state index >= 15 is 0 Å². The van der Waals surface area contributed by atoms with Gasteiger partial charge in [-0.2, -0.15) is 0 Å². The molecule has 0 spiro atoms. The molecule has 0 fully saturated rings. The average Bonchev–Trinajstić information content (AvgIpc) is 2.39. The number of aliphatic imine (C=N–C) groups is 1. The van der Waals surface area contributed by atoms with Crippen LogP contribution in [0.4, 0.5) is 11.4 Å². The predicted molar refractivity (Wildman–Crippen MR) is 85.7 cm³/mol. The molecule has 1 aliphatic heterocycles. The molecular formula is C15H17N3S. The molecule has 0 bridgehead atoms. The van der Waals surface area contributed by atoms with E-state index < -0.39 is 0 Å². The van der Waals surface area contributed by atoms with Crippen LogP contribution in [-0.2, 0) is 0 Å². The van der Waals surface area contributed by atoms with E-state index in [4.69, 9.17) is 4.99 Å². The SMILES string of the molecule is CN(C)CCSC1=Nc2cccc3cccc(c23)N1. The van der Waals surface area contributed by atoms with E-state index in [9.17, 15) is 0 Å². The van der Waals surface area contributed by atoms with E-state index in [1.807, 2.05) is 0 Å². The largest absolute Gasteiger partial charge is 0.334 e. The highest BCUT2D eigenvalue weighted by molar-refractivity contribution is 8.14. The molecule has 3 nitrogen and oxygen atoms in total. The summed E-state index contributed by atoms with van der Waals surface area (Å²) in [6.07, 6.45) is 0. The van der Waals surface area contributed by atoms with Gasteiger partial charge in [0.15, 0.2) is 5.17 Å². The van der Waals surface area contributed by atoms with E-state index in [1.165, 1.54) is 10.8 Å². The highest BCUT2D eigenvalue weighted by Gasteiger charge is 2.13. The van der Waals surface area contributed by atoms with Crippen LogP contribution in [-0.4, -0.2) is 36.5 Å². The predicted octanol–water partition coefficient (Wildman–Crippen LogP) is 3.55. The van der Waals surface area contributed by atoms with Gasteiger partial charge in [-0.25, -0.2) is 4.99 Å². The lowest BCUT2D eigenvalue weighted by Crippen LogP contribution is -2.18. The molecule has 0 aromatic heterocycles. The number of rotatable bonds is 3. The molecule has 2 aromatic carbocycles. The lowest BCUT2D eigenvalue weighted by Gasteiger charge is -2.18. The van der Waals surface area contributed by atoms with Gasteiger partial charge in [-0.15, -0.1) is 0 Å². The van der Waals surface area contributed by atoms with Gasteiger partial charge in [0.05, 0.1) is 11.4 Å². The van der Waals surface area contributed by atoms with Gasteiger partial charge in [-0.1, -0.05) is 36.0 Å². The molecule has 0 amide bonds. The maximum absolute atomic E-state index is 4.71. The van der Waals surface area contributed by atoms with Gasteiger partial charge in [0, 0.05) is 17.7 Å². The van der Waals surface area contributed by atoms with E-state index in [2.05, 4.69) is 60.7 Å². The summed E-state index contributed by atoms with van der Waals surface area (Å²) in [5.41, 5.74) is 2.23. The number of benzene rings is 2. The van der Waals surface area contributed by atoms with E-state index in [0.717, 1.165) is 28.8 Å². The number of nitrogens with one attached hydrogen (secondary N) is 1. The summed E-state index contributed by atoms with van der Waals surface area (Å²) in [6, 6.07) is 12.6. The second-order valence-electron chi connectivity index (χ2n) is 4.87. The second kappa shape index (κ2) is 5.23. The molecule has 1 N–H and O–H groups in total. The Bertz CT molecular complexity index is 629. The Morgan fingerprint density at radius 1 is 1.16 bits per heavy atom. The van der Waals surface area contributed by atoms with Crippen LogP contribution in [0.1, 0.15) is 0 Å². The average molecular weight is 271 g/mol. The van der Waals surface area contributed by atoms with Crippen molar-refractivity contribution in [3.05, 3.63) is 36.4 Å². The summed E-state index contributed by atoms with van der Waals surface area (Å²) in [5.74, 6) is 1.04. The Morgan fingerprint density at radius 3 is 2.74 bits per heavy atom. The topological polar surface area (TPSA) is 27.6 Å². The molecule has 98 valence electrons. The molecule has 19 heavy (non-hydrogen) atoms. The van der Waals surface area contributed by atoms with Crippen LogP contribution in [0, 0.1) is 0 Å². The van der Waals surface area contributed by atoms with Crippen molar-refractivity contribution in [3.63, 3.8) is 0 Å². The van der Waals surface area contributed by atoms with Crippen molar-refractivity contribution in [2.24, 2.45) is 4.99 Å². The molecule has 4 heteroatoms. The zero-order chi connectivity index (χ0) is 13.2. The van der Waals surface area contributed by atoms with E-state index in [0.29, 0.717) is 0 Å². The Morgan fingerprint density at radius 2 is 1.95 bits per heavy atom. The fraction of sp³-hybridized carbons (Fsp3) is 0.267. The number of hydrogen-bond donors (Lipinski definition) is 1. The van der Waals surface area contributed by atoms with Gasteiger partial charge in [-0.05, 0) is 31.6 Å². The van der Waals surface area contributed by atoms with Crippen molar-refractivity contribution < 1.29 is 0 Å². The fourth-order valence-electron chi connectivity index (χ4n) is 2.16. The summed E-state index contributed by atoms with van der Waals surface area (Å²) >= 11 is 1.77. The second-order valence-corrected chi connectivity index (χ2v) is 5.96. The highest BCUT2D eigenvalue weighted by atomic mass is 32.2. The minimum Gasteiger partial charge on any atom is -0.334 e. The van der Waals surface area contributed by atoms with Gasteiger partial charge in [0.2, 0.25) is 0 Å². The van der Waals surface area contributed by atoms with Crippen LogP contribution in [0.2, 0.25) is 0 Å². The summed E-state index contributed by atoms with van der Waals surface area (Å²) in [4.78, 5) is 6.90. The van der Waals surface area contributed by atoms with Crippen molar-refractivity contribution in [1.82, 2.24) is 4.90 Å². The molecule has 1 heterocycles. The first kappa shape index (κ1) is 12.5. The number of thioether (sulfide) groups is 1. The number of amidine groups is 1. The maximum Gasteiger partial charge on any atom is 0.166 e. The van der Waals surface area contributed by atoms with Crippen LogP contribution in [0.25, 0.3) is 10.8 Å². The Hall–Kier alpha value is -1.52. The van der Waals surface area contributed by atoms with E-state index in [1.54, 1.807) is 11.8 Å². The molecule has 0 radical (unpaired) electrons. The van der Waals surface area contributed by atoms with E-state index in [-0.39, 0.29) is 0 Å². The first-order valence-electron chi connectivity index (χ1n) is 6.39. The third-order valence-corrected chi connectivity index (χ3v) is 3.98. The Labute approximate surface area is 117 Å². The molecule has 0 atom stereocenters. The van der Waals surface area contributed by atoms with Crippen LogP contribution in [0.5, 0.6) is 0 Å². The molecule has 0 aliphatic carbocycles. The van der Waals surface area contributed by atoms with Crippen LogP contribution in [0.15, 0.2) is 41.4 Å². The first-order chi connectivity index (χ1) is 9.24. The van der Waals surface area contributed by atoms with Gasteiger partial charge in [0.25, 0.3) is 0 Å². The molecule has 3 rings (SSSR count). The monoisotopic (exact) mass is 271 g/mol. The highest BCUT2D eigenvalue weighted by Crippen LogP contribution is 2.36. The zero-order valence-corrected chi connectivity index (χ0v) is 12.0. The number of anilines is 1. The minimum atomic E-state index is 0.994. The third-order valence-electron chi connectivity index (χ3n) is 3.12. The van der Waals surface area contributed by atoms with Gasteiger partial charge in [0.1, 0.15) is 0 Å². The number of nitrogens with zero attached hydrogens (tertiary/aromatic N) is 2. The normalized spacial score (nSPS) is 13.5. The fourth-order valence-corrected chi connectivity index (χ4v) is 3.16. The lowest BCUT2D eigenvalue weighted by atomic mass is 10.1. The van der Waals surface area contributed by atoms with Crippen LogP contribution in [0.3, 0.4) is 0 Å². The Balaban J connectivity index is 1.88. The lowest BCUT2D eigenvalue weighted by molar-refractivity contribution is 0.438. The van der Waals surface area contributed by atoms with Gasteiger partial charge in [-0.3, -0.25) is 0 Å². The van der Waals surface area contributed by atoms with Crippen molar-refractivity contribution in [3.8, 4) is 0 Å². The first-order valence-corrected chi connectivity index (χ1v) is 7.37. The summed E-state index contributed by atoms with van der Waals surface area (Å²) in [7, 11) is 4.18. The smallest absolute Gasteiger partial charge is 0.166 e.